The number of carbonyl (C=O) groups excluding carboxylic acids is 1. The Hall–Kier alpha value is -0.250. The zero-order valence-corrected chi connectivity index (χ0v) is 12.6. The van der Waals surface area contributed by atoms with Crippen LogP contribution in [0.2, 0.25) is 10.0 Å². The number of halogens is 3. The largest absolute Gasteiger partial charge is 0.349 e. The normalized spacial score (nSPS) is 12.2. The van der Waals surface area contributed by atoms with Crippen LogP contribution in [0.5, 0.6) is 0 Å². The van der Waals surface area contributed by atoms with Crippen LogP contribution in [0, 0.1) is 0 Å². The van der Waals surface area contributed by atoms with Gasteiger partial charge in [-0.3, -0.25) is 4.79 Å². The van der Waals surface area contributed by atoms with Crippen LogP contribution in [0.1, 0.15) is 30.1 Å². The van der Waals surface area contributed by atoms with E-state index in [-0.39, 0.29) is 11.9 Å². The molecule has 1 aromatic rings. The van der Waals surface area contributed by atoms with Crippen molar-refractivity contribution in [1.29, 1.82) is 0 Å². The lowest BCUT2D eigenvalue weighted by Gasteiger charge is -2.16. The third-order valence-electron chi connectivity index (χ3n) is 2.48. The molecule has 0 saturated carbocycles. The van der Waals surface area contributed by atoms with E-state index < -0.39 is 0 Å². The first-order valence-corrected chi connectivity index (χ1v) is 7.28. The predicted molar refractivity (Wildman–Crippen MR) is 76.4 cm³/mol. The molecule has 0 radical (unpaired) electrons. The standard InChI is InChI=1S/C12H14BrCl2NO/c1-2-8(6-7-13)16-12(17)9-4-3-5-10(14)11(9)15/h3-5,8H,2,6-7H2,1H3,(H,16,17). The molecule has 1 N–H and O–H groups in total. The molecule has 0 aromatic heterocycles. The van der Waals surface area contributed by atoms with Gasteiger partial charge >= 0.3 is 0 Å². The summed E-state index contributed by atoms with van der Waals surface area (Å²) >= 11 is 15.2. The molecule has 1 aromatic carbocycles. The van der Waals surface area contributed by atoms with Crippen molar-refractivity contribution in [3.63, 3.8) is 0 Å². The number of hydrogen-bond acceptors (Lipinski definition) is 1. The molecule has 0 heterocycles. The van der Waals surface area contributed by atoms with Crippen LogP contribution in [-0.2, 0) is 0 Å². The number of hydrogen-bond donors (Lipinski definition) is 1. The Morgan fingerprint density at radius 3 is 2.76 bits per heavy atom. The van der Waals surface area contributed by atoms with Crippen LogP contribution in [0.25, 0.3) is 0 Å². The van der Waals surface area contributed by atoms with E-state index in [9.17, 15) is 4.79 Å². The summed E-state index contributed by atoms with van der Waals surface area (Å²) < 4.78 is 0. The fraction of sp³-hybridized carbons (Fsp3) is 0.417. The Bertz CT molecular complexity index is 398. The zero-order chi connectivity index (χ0) is 12.8. The number of benzene rings is 1. The molecule has 0 fully saturated rings. The van der Waals surface area contributed by atoms with Gasteiger partial charge in [-0.2, -0.15) is 0 Å². The van der Waals surface area contributed by atoms with Crippen molar-refractivity contribution in [2.24, 2.45) is 0 Å². The second-order valence-electron chi connectivity index (χ2n) is 3.66. The van der Waals surface area contributed by atoms with Crippen molar-refractivity contribution in [3.05, 3.63) is 33.8 Å². The summed E-state index contributed by atoms with van der Waals surface area (Å²) in [5, 5.41) is 4.50. The predicted octanol–water partition coefficient (Wildman–Crippen LogP) is 4.29. The molecule has 5 heteroatoms. The number of rotatable bonds is 5. The third-order valence-corrected chi connectivity index (χ3v) is 3.76. The van der Waals surface area contributed by atoms with Crippen molar-refractivity contribution >= 4 is 45.0 Å². The van der Waals surface area contributed by atoms with E-state index in [1.54, 1.807) is 18.2 Å². The van der Waals surface area contributed by atoms with E-state index in [2.05, 4.69) is 21.2 Å². The maximum atomic E-state index is 12.0. The summed E-state index contributed by atoms with van der Waals surface area (Å²) in [5.41, 5.74) is 0.423. The summed E-state index contributed by atoms with van der Waals surface area (Å²) in [4.78, 5) is 12.0. The van der Waals surface area contributed by atoms with Gasteiger partial charge in [0.2, 0.25) is 0 Å². The Kier molecular flexibility index (Phi) is 6.31. The van der Waals surface area contributed by atoms with Crippen LogP contribution in [0.15, 0.2) is 18.2 Å². The van der Waals surface area contributed by atoms with E-state index in [0.29, 0.717) is 15.6 Å². The van der Waals surface area contributed by atoms with Gasteiger partial charge in [0.05, 0.1) is 15.6 Å². The summed E-state index contributed by atoms with van der Waals surface area (Å²) in [6.45, 7) is 2.03. The van der Waals surface area contributed by atoms with Crippen LogP contribution >= 0.6 is 39.1 Å². The first-order valence-electron chi connectivity index (χ1n) is 5.41. The maximum absolute atomic E-state index is 12.0. The molecule has 2 nitrogen and oxygen atoms in total. The molecule has 1 unspecified atom stereocenters. The van der Waals surface area contributed by atoms with E-state index in [0.717, 1.165) is 18.2 Å². The smallest absolute Gasteiger partial charge is 0.253 e. The van der Waals surface area contributed by atoms with Gasteiger partial charge in [0.1, 0.15) is 0 Å². The molecular formula is C12H14BrCl2NO. The first-order chi connectivity index (χ1) is 8.10. The lowest BCUT2D eigenvalue weighted by Crippen LogP contribution is -2.34. The van der Waals surface area contributed by atoms with Crippen LogP contribution in [0.4, 0.5) is 0 Å². The first kappa shape index (κ1) is 14.8. The van der Waals surface area contributed by atoms with Crippen LogP contribution in [-0.4, -0.2) is 17.3 Å². The van der Waals surface area contributed by atoms with Crippen molar-refractivity contribution < 1.29 is 4.79 Å². The summed E-state index contributed by atoms with van der Waals surface area (Å²) in [5.74, 6) is -0.176. The minimum Gasteiger partial charge on any atom is -0.349 e. The quantitative estimate of drug-likeness (QED) is 0.797. The highest BCUT2D eigenvalue weighted by molar-refractivity contribution is 9.09. The van der Waals surface area contributed by atoms with E-state index in [4.69, 9.17) is 23.2 Å². The van der Waals surface area contributed by atoms with Crippen molar-refractivity contribution in [1.82, 2.24) is 5.32 Å². The molecule has 1 rings (SSSR count). The van der Waals surface area contributed by atoms with Gasteiger partial charge in [-0.15, -0.1) is 0 Å². The highest BCUT2D eigenvalue weighted by Crippen LogP contribution is 2.25. The van der Waals surface area contributed by atoms with Gasteiger partial charge in [0.15, 0.2) is 0 Å². The fourth-order valence-corrected chi connectivity index (χ4v) is 2.39. The monoisotopic (exact) mass is 337 g/mol. The van der Waals surface area contributed by atoms with Crippen molar-refractivity contribution in [3.8, 4) is 0 Å². The lowest BCUT2D eigenvalue weighted by atomic mass is 10.1. The number of nitrogens with one attached hydrogen (secondary N) is 1. The molecule has 1 amide bonds. The van der Waals surface area contributed by atoms with Crippen LogP contribution in [0.3, 0.4) is 0 Å². The Balaban J connectivity index is 2.79. The highest BCUT2D eigenvalue weighted by atomic mass is 79.9. The minimum atomic E-state index is -0.176. The molecule has 1 atom stereocenters. The maximum Gasteiger partial charge on any atom is 0.253 e. The molecular weight excluding hydrogens is 325 g/mol. The molecule has 94 valence electrons. The highest BCUT2D eigenvalue weighted by Gasteiger charge is 2.15. The van der Waals surface area contributed by atoms with Gasteiger partial charge < -0.3 is 5.32 Å². The minimum absolute atomic E-state index is 0.150. The van der Waals surface area contributed by atoms with E-state index >= 15 is 0 Å². The number of carbonyl (C=O) groups is 1. The van der Waals surface area contributed by atoms with Gasteiger partial charge in [-0.05, 0) is 25.0 Å². The molecule has 0 spiro atoms. The second-order valence-corrected chi connectivity index (χ2v) is 5.24. The van der Waals surface area contributed by atoms with E-state index in [1.807, 2.05) is 6.92 Å². The summed E-state index contributed by atoms with van der Waals surface area (Å²) in [6.07, 6.45) is 1.77. The Labute approximate surface area is 120 Å². The van der Waals surface area contributed by atoms with Gasteiger partial charge in [-0.1, -0.05) is 52.1 Å². The number of alkyl halides is 1. The molecule has 0 aliphatic heterocycles. The van der Waals surface area contributed by atoms with E-state index in [1.165, 1.54) is 0 Å². The second kappa shape index (κ2) is 7.24. The zero-order valence-electron chi connectivity index (χ0n) is 9.47. The molecule has 0 aliphatic rings. The topological polar surface area (TPSA) is 29.1 Å². The average molecular weight is 339 g/mol. The van der Waals surface area contributed by atoms with Gasteiger partial charge in [0, 0.05) is 11.4 Å². The Morgan fingerprint density at radius 2 is 2.18 bits per heavy atom. The molecule has 17 heavy (non-hydrogen) atoms. The lowest BCUT2D eigenvalue weighted by molar-refractivity contribution is 0.0935. The molecule has 0 bridgehead atoms. The molecule has 0 saturated heterocycles. The molecule has 0 aliphatic carbocycles. The summed E-state index contributed by atoms with van der Waals surface area (Å²) in [6, 6.07) is 5.20. The summed E-state index contributed by atoms with van der Waals surface area (Å²) in [7, 11) is 0. The SMILES string of the molecule is CCC(CCBr)NC(=O)c1cccc(Cl)c1Cl. The third kappa shape index (κ3) is 4.16. The van der Waals surface area contributed by atoms with Gasteiger partial charge in [-0.25, -0.2) is 0 Å². The van der Waals surface area contributed by atoms with Crippen LogP contribution < -0.4 is 5.32 Å². The van der Waals surface area contributed by atoms with Crippen molar-refractivity contribution in [2.75, 3.05) is 5.33 Å². The van der Waals surface area contributed by atoms with Crippen molar-refractivity contribution in [2.45, 2.75) is 25.8 Å². The fourth-order valence-electron chi connectivity index (χ4n) is 1.45. The number of amides is 1. The Morgan fingerprint density at radius 1 is 1.47 bits per heavy atom. The average Bonchev–Trinajstić information content (AvgIpc) is 2.31. The van der Waals surface area contributed by atoms with Gasteiger partial charge in [0.25, 0.3) is 5.91 Å².